The van der Waals surface area contributed by atoms with E-state index in [-0.39, 0.29) is 11.4 Å². The summed E-state index contributed by atoms with van der Waals surface area (Å²) in [6.45, 7) is 0. The smallest absolute Gasteiger partial charge is 0.307 e. The molecule has 2 fully saturated rings. The van der Waals surface area contributed by atoms with Crippen LogP contribution >= 0.6 is 0 Å². The Labute approximate surface area is 78.7 Å². The minimum atomic E-state index is -0.173. The van der Waals surface area contributed by atoms with Gasteiger partial charge in [-0.3, -0.25) is 4.79 Å². The summed E-state index contributed by atoms with van der Waals surface area (Å²) in [5, 5.41) is 0. The van der Waals surface area contributed by atoms with Gasteiger partial charge in [0.1, 0.15) is 0 Å². The second kappa shape index (κ2) is 2.51. The zero-order valence-corrected chi connectivity index (χ0v) is 7.93. The van der Waals surface area contributed by atoms with Crippen molar-refractivity contribution in [2.75, 3.05) is 7.11 Å². The molecule has 0 amide bonds. The van der Waals surface area contributed by atoms with Gasteiger partial charge in [0.15, 0.2) is 0 Å². The predicted molar refractivity (Wildman–Crippen MR) is 48.8 cm³/mol. The molecule has 0 aromatic carbocycles. The lowest BCUT2D eigenvalue weighted by Crippen LogP contribution is -2.39. The first-order valence-corrected chi connectivity index (χ1v) is 4.68. The van der Waals surface area contributed by atoms with Gasteiger partial charge >= 0.3 is 5.97 Å². The summed E-state index contributed by atoms with van der Waals surface area (Å²) in [4.78, 5) is 11.1. The van der Waals surface area contributed by atoms with Gasteiger partial charge in [-0.2, -0.15) is 0 Å². The lowest BCUT2D eigenvalue weighted by molar-refractivity contribution is -0.144. The monoisotopic (exact) mass is 178 g/mol. The number of esters is 1. The standard InChI is InChI=1S/C11H14O2/c1-3-10(6-9(12)13-2)7-11(8-10)4-5-11/h1H,4-8H2,2H3. The Morgan fingerprint density at radius 1 is 1.54 bits per heavy atom. The topological polar surface area (TPSA) is 26.3 Å². The van der Waals surface area contributed by atoms with Crippen LogP contribution in [0.25, 0.3) is 0 Å². The van der Waals surface area contributed by atoms with Crippen molar-refractivity contribution >= 4 is 5.97 Å². The molecule has 2 nitrogen and oxygen atoms in total. The first-order valence-electron chi connectivity index (χ1n) is 4.68. The summed E-state index contributed by atoms with van der Waals surface area (Å²) >= 11 is 0. The van der Waals surface area contributed by atoms with Crippen molar-refractivity contribution < 1.29 is 9.53 Å². The number of carbonyl (C=O) groups is 1. The minimum absolute atomic E-state index is 0.163. The third-order valence-electron chi connectivity index (χ3n) is 3.40. The zero-order valence-electron chi connectivity index (χ0n) is 7.93. The van der Waals surface area contributed by atoms with Gasteiger partial charge in [-0.15, -0.1) is 6.42 Å². The van der Waals surface area contributed by atoms with Gasteiger partial charge in [0.05, 0.1) is 13.5 Å². The molecule has 2 aliphatic carbocycles. The predicted octanol–water partition coefficient (Wildman–Crippen LogP) is 1.74. The first kappa shape index (κ1) is 8.62. The van der Waals surface area contributed by atoms with E-state index in [9.17, 15) is 4.79 Å². The highest BCUT2D eigenvalue weighted by Crippen LogP contribution is 2.69. The van der Waals surface area contributed by atoms with E-state index in [0.717, 1.165) is 12.8 Å². The van der Waals surface area contributed by atoms with E-state index in [1.807, 2.05) is 0 Å². The highest BCUT2D eigenvalue weighted by atomic mass is 16.5. The first-order chi connectivity index (χ1) is 6.14. The molecule has 0 atom stereocenters. The summed E-state index contributed by atoms with van der Waals surface area (Å²) in [5.74, 6) is 2.60. The van der Waals surface area contributed by atoms with Gasteiger partial charge in [-0.1, -0.05) is 5.92 Å². The molecule has 0 aromatic heterocycles. The third-order valence-corrected chi connectivity index (χ3v) is 3.40. The molecule has 0 unspecified atom stereocenters. The number of hydrogen-bond donors (Lipinski definition) is 0. The largest absolute Gasteiger partial charge is 0.469 e. The quantitative estimate of drug-likeness (QED) is 0.475. The fourth-order valence-corrected chi connectivity index (χ4v) is 2.54. The lowest BCUT2D eigenvalue weighted by atomic mass is 9.58. The Hall–Kier alpha value is -0.970. The van der Waals surface area contributed by atoms with Crippen molar-refractivity contribution in [3.8, 4) is 12.3 Å². The van der Waals surface area contributed by atoms with Crippen LogP contribution in [0.4, 0.5) is 0 Å². The maximum atomic E-state index is 11.1. The van der Waals surface area contributed by atoms with Crippen LogP contribution in [0, 0.1) is 23.2 Å². The molecule has 13 heavy (non-hydrogen) atoms. The molecule has 70 valence electrons. The molecule has 0 bridgehead atoms. The van der Waals surface area contributed by atoms with Crippen molar-refractivity contribution in [2.45, 2.75) is 32.1 Å². The van der Waals surface area contributed by atoms with Crippen molar-refractivity contribution in [3.63, 3.8) is 0 Å². The highest BCUT2D eigenvalue weighted by Gasteiger charge is 2.60. The summed E-state index contributed by atoms with van der Waals surface area (Å²) in [6, 6.07) is 0. The maximum absolute atomic E-state index is 11.1. The van der Waals surface area contributed by atoms with Crippen LogP contribution in [0.5, 0.6) is 0 Å². The average molecular weight is 178 g/mol. The fraction of sp³-hybridized carbons (Fsp3) is 0.727. The van der Waals surface area contributed by atoms with Gasteiger partial charge in [-0.05, 0) is 31.1 Å². The summed E-state index contributed by atoms with van der Waals surface area (Å²) in [6.07, 6.45) is 10.5. The Morgan fingerprint density at radius 2 is 2.15 bits per heavy atom. The summed E-state index contributed by atoms with van der Waals surface area (Å²) in [7, 11) is 1.41. The van der Waals surface area contributed by atoms with E-state index in [2.05, 4.69) is 10.7 Å². The molecule has 2 rings (SSSR count). The second-order valence-electron chi connectivity index (χ2n) is 4.53. The average Bonchev–Trinajstić information content (AvgIpc) is 2.83. The number of hydrogen-bond acceptors (Lipinski definition) is 2. The Kier molecular flexibility index (Phi) is 1.66. The highest BCUT2D eigenvalue weighted by molar-refractivity contribution is 5.71. The molecular weight excluding hydrogens is 164 g/mol. The van der Waals surface area contributed by atoms with E-state index in [1.165, 1.54) is 20.0 Å². The normalized spacial score (nSPS) is 25.8. The number of rotatable bonds is 2. The van der Waals surface area contributed by atoms with Gasteiger partial charge in [0.25, 0.3) is 0 Å². The number of methoxy groups -OCH3 is 1. The molecule has 2 saturated carbocycles. The molecule has 2 heteroatoms. The number of ether oxygens (including phenoxy) is 1. The van der Waals surface area contributed by atoms with Crippen LogP contribution in [0.1, 0.15) is 32.1 Å². The summed E-state index contributed by atoms with van der Waals surface area (Å²) < 4.78 is 4.64. The molecular formula is C11H14O2. The Morgan fingerprint density at radius 3 is 2.54 bits per heavy atom. The van der Waals surface area contributed by atoms with Crippen LogP contribution in [0.15, 0.2) is 0 Å². The van der Waals surface area contributed by atoms with Crippen molar-refractivity contribution in [1.82, 2.24) is 0 Å². The fourth-order valence-electron chi connectivity index (χ4n) is 2.54. The SMILES string of the molecule is C#CC1(CC(=O)OC)CC2(CC2)C1. The van der Waals surface area contributed by atoms with Crippen molar-refractivity contribution in [1.29, 1.82) is 0 Å². The van der Waals surface area contributed by atoms with Crippen molar-refractivity contribution in [3.05, 3.63) is 0 Å². The molecule has 2 aliphatic rings. The molecule has 0 heterocycles. The van der Waals surface area contributed by atoms with E-state index >= 15 is 0 Å². The third kappa shape index (κ3) is 1.33. The van der Waals surface area contributed by atoms with E-state index in [0.29, 0.717) is 11.8 Å². The molecule has 1 spiro atoms. The second-order valence-corrected chi connectivity index (χ2v) is 4.53. The van der Waals surface area contributed by atoms with Crippen molar-refractivity contribution in [2.24, 2.45) is 10.8 Å². The Bertz CT molecular complexity index is 273. The van der Waals surface area contributed by atoms with E-state index < -0.39 is 0 Å². The van der Waals surface area contributed by atoms with E-state index in [1.54, 1.807) is 0 Å². The van der Waals surface area contributed by atoms with Gasteiger partial charge in [-0.25, -0.2) is 0 Å². The van der Waals surface area contributed by atoms with Crippen LogP contribution in [-0.2, 0) is 9.53 Å². The van der Waals surface area contributed by atoms with Gasteiger partial charge in [0, 0.05) is 5.41 Å². The maximum Gasteiger partial charge on any atom is 0.307 e. The number of terminal acetylenes is 1. The molecule has 0 radical (unpaired) electrons. The van der Waals surface area contributed by atoms with Crippen LogP contribution in [0.2, 0.25) is 0 Å². The van der Waals surface area contributed by atoms with Crippen LogP contribution < -0.4 is 0 Å². The number of carbonyl (C=O) groups excluding carboxylic acids is 1. The molecule has 0 aliphatic heterocycles. The molecule has 0 N–H and O–H groups in total. The Balaban J connectivity index is 1.95. The van der Waals surface area contributed by atoms with Gasteiger partial charge < -0.3 is 4.74 Å². The minimum Gasteiger partial charge on any atom is -0.469 e. The summed E-state index contributed by atoms with van der Waals surface area (Å²) in [5.41, 5.74) is 0.379. The van der Waals surface area contributed by atoms with Crippen LogP contribution in [0.3, 0.4) is 0 Å². The molecule has 0 saturated heterocycles. The van der Waals surface area contributed by atoms with Crippen LogP contribution in [-0.4, -0.2) is 13.1 Å². The zero-order chi connectivity index (χ0) is 9.53. The lowest BCUT2D eigenvalue weighted by Gasteiger charge is -2.44. The van der Waals surface area contributed by atoms with Gasteiger partial charge in [0.2, 0.25) is 0 Å². The molecule has 0 aromatic rings. The van der Waals surface area contributed by atoms with E-state index in [4.69, 9.17) is 6.42 Å².